The SMILES string of the molecule is CC1(CCN2CCOCC2)NCCO1. The van der Waals surface area contributed by atoms with Crippen molar-refractivity contribution in [2.24, 2.45) is 0 Å². The zero-order valence-electron chi connectivity index (χ0n) is 8.92. The maximum atomic E-state index is 5.66. The molecule has 2 fully saturated rings. The molecule has 2 aliphatic rings. The Bertz CT molecular complexity index is 175. The van der Waals surface area contributed by atoms with Gasteiger partial charge in [-0.15, -0.1) is 0 Å². The molecule has 1 atom stereocenters. The van der Waals surface area contributed by atoms with E-state index in [0.29, 0.717) is 0 Å². The van der Waals surface area contributed by atoms with Crippen LogP contribution in [0.1, 0.15) is 13.3 Å². The van der Waals surface area contributed by atoms with Gasteiger partial charge in [-0.1, -0.05) is 0 Å². The summed E-state index contributed by atoms with van der Waals surface area (Å²) in [6.45, 7) is 8.97. The standard InChI is InChI=1S/C10H20N2O2/c1-10(11-3-7-14-10)2-4-12-5-8-13-9-6-12/h11H,2-9H2,1H3. The number of hydrogen-bond acceptors (Lipinski definition) is 4. The maximum absolute atomic E-state index is 5.66. The van der Waals surface area contributed by atoms with E-state index in [1.807, 2.05) is 0 Å². The van der Waals surface area contributed by atoms with E-state index < -0.39 is 0 Å². The van der Waals surface area contributed by atoms with Gasteiger partial charge in [0.2, 0.25) is 0 Å². The Balaban J connectivity index is 1.70. The molecule has 0 spiro atoms. The first kappa shape index (κ1) is 10.4. The fourth-order valence-corrected chi connectivity index (χ4v) is 2.00. The van der Waals surface area contributed by atoms with Crippen LogP contribution in [-0.2, 0) is 9.47 Å². The average molecular weight is 200 g/mol. The van der Waals surface area contributed by atoms with Crippen molar-refractivity contribution in [3.05, 3.63) is 0 Å². The van der Waals surface area contributed by atoms with Crippen LogP contribution < -0.4 is 5.32 Å². The van der Waals surface area contributed by atoms with E-state index in [1.165, 1.54) is 0 Å². The van der Waals surface area contributed by atoms with Crippen molar-refractivity contribution in [2.45, 2.75) is 19.1 Å². The van der Waals surface area contributed by atoms with Crippen LogP contribution in [0.3, 0.4) is 0 Å². The summed E-state index contributed by atoms with van der Waals surface area (Å²) in [5.74, 6) is 0. The molecule has 2 aliphatic heterocycles. The van der Waals surface area contributed by atoms with Gasteiger partial charge < -0.3 is 9.47 Å². The van der Waals surface area contributed by atoms with Gasteiger partial charge in [-0.3, -0.25) is 10.2 Å². The average Bonchev–Trinajstić information content (AvgIpc) is 2.65. The number of hydrogen-bond donors (Lipinski definition) is 1. The fourth-order valence-electron chi connectivity index (χ4n) is 2.00. The second-order valence-corrected chi connectivity index (χ2v) is 4.21. The Morgan fingerprint density at radius 2 is 2.07 bits per heavy atom. The van der Waals surface area contributed by atoms with Crippen LogP contribution in [0.25, 0.3) is 0 Å². The predicted molar refractivity (Wildman–Crippen MR) is 54.2 cm³/mol. The first-order valence-corrected chi connectivity index (χ1v) is 5.48. The summed E-state index contributed by atoms with van der Waals surface area (Å²) in [5.41, 5.74) is -0.0850. The Labute approximate surface area is 85.5 Å². The lowest BCUT2D eigenvalue weighted by Gasteiger charge is -2.30. The second-order valence-electron chi connectivity index (χ2n) is 4.21. The molecule has 0 bridgehead atoms. The van der Waals surface area contributed by atoms with Crippen LogP contribution in [0.2, 0.25) is 0 Å². The van der Waals surface area contributed by atoms with Gasteiger partial charge in [-0.25, -0.2) is 0 Å². The van der Waals surface area contributed by atoms with Crippen molar-refractivity contribution in [3.8, 4) is 0 Å². The summed E-state index contributed by atoms with van der Waals surface area (Å²) >= 11 is 0. The lowest BCUT2D eigenvalue weighted by molar-refractivity contribution is -0.0199. The van der Waals surface area contributed by atoms with E-state index in [9.17, 15) is 0 Å². The highest BCUT2D eigenvalue weighted by Gasteiger charge is 2.29. The highest BCUT2D eigenvalue weighted by atomic mass is 16.5. The van der Waals surface area contributed by atoms with Gasteiger partial charge in [0.1, 0.15) is 5.72 Å². The van der Waals surface area contributed by atoms with Crippen molar-refractivity contribution < 1.29 is 9.47 Å². The molecule has 2 rings (SSSR count). The molecular weight excluding hydrogens is 180 g/mol. The summed E-state index contributed by atoms with van der Waals surface area (Å²) in [5, 5.41) is 3.39. The minimum Gasteiger partial charge on any atom is -0.379 e. The molecule has 0 aliphatic carbocycles. The van der Waals surface area contributed by atoms with E-state index in [-0.39, 0.29) is 5.72 Å². The molecule has 0 radical (unpaired) electrons. The van der Waals surface area contributed by atoms with Crippen molar-refractivity contribution in [2.75, 3.05) is 46.0 Å². The summed E-state index contributed by atoms with van der Waals surface area (Å²) in [4.78, 5) is 2.44. The largest absolute Gasteiger partial charge is 0.379 e. The molecule has 0 aromatic rings. The molecule has 4 heteroatoms. The number of ether oxygens (including phenoxy) is 2. The molecule has 0 aromatic carbocycles. The zero-order valence-corrected chi connectivity index (χ0v) is 8.92. The summed E-state index contributed by atoms with van der Waals surface area (Å²) in [6, 6.07) is 0. The van der Waals surface area contributed by atoms with Crippen LogP contribution in [0.5, 0.6) is 0 Å². The van der Waals surface area contributed by atoms with Crippen molar-refractivity contribution in [1.82, 2.24) is 10.2 Å². The number of morpholine rings is 1. The predicted octanol–water partition coefficient (Wildman–Crippen LogP) is 0.0447. The van der Waals surface area contributed by atoms with Crippen molar-refractivity contribution >= 4 is 0 Å². The quantitative estimate of drug-likeness (QED) is 0.697. The highest BCUT2D eigenvalue weighted by Crippen LogP contribution is 2.16. The number of nitrogens with one attached hydrogen (secondary N) is 1. The van der Waals surface area contributed by atoms with Gasteiger partial charge >= 0.3 is 0 Å². The van der Waals surface area contributed by atoms with E-state index in [1.54, 1.807) is 0 Å². The molecule has 4 nitrogen and oxygen atoms in total. The third-order valence-electron chi connectivity index (χ3n) is 3.03. The van der Waals surface area contributed by atoms with Gasteiger partial charge in [-0.2, -0.15) is 0 Å². The van der Waals surface area contributed by atoms with Gasteiger partial charge in [0, 0.05) is 32.6 Å². The van der Waals surface area contributed by atoms with Crippen LogP contribution in [0.15, 0.2) is 0 Å². The minimum absolute atomic E-state index is 0.0850. The maximum Gasteiger partial charge on any atom is 0.117 e. The lowest BCUT2D eigenvalue weighted by atomic mass is 10.1. The third-order valence-corrected chi connectivity index (χ3v) is 3.03. The minimum atomic E-state index is -0.0850. The fraction of sp³-hybridized carbons (Fsp3) is 1.00. The number of rotatable bonds is 3. The Kier molecular flexibility index (Phi) is 3.38. The normalized spacial score (nSPS) is 34.9. The van der Waals surface area contributed by atoms with E-state index in [4.69, 9.17) is 9.47 Å². The molecule has 2 saturated heterocycles. The summed E-state index contributed by atoms with van der Waals surface area (Å²) in [7, 11) is 0. The van der Waals surface area contributed by atoms with Gasteiger partial charge in [-0.05, 0) is 6.92 Å². The van der Waals surface area contributed by atoms with Crippen molar-refractivity contribution in [1.29, 1.82) is 0 Å². The molecule has 0 aromatic heterocycles. The van der Waals surface area contributed by atoms with Crippen molar-refractivity contribution in [3.63, 3.8) is 0 Å². The van der Waals surface area contributed by atoms with Gasteiger partial charge in [0.25, 0.3) is 0 Å². The highest BCUT2D eigenvalue weighted by molar-refractivity contribution is 4.79. The van der Waals surface area contributed by atoms with Crippen LogP contribution in [-0.4, -0.2) is 56.6 Å². The van der Waals surface area contributed by atoms with Crippen LogP contribution in [0.4, 0.5) is 0 Å². The Morgan fingerprint density at radius 1 is 1.29 bits per heavy atom. The molecule has 14 heavy (non-hydrogen) atoms. The topological polar surface area (TPSA) is 33.7 Å². The monoisotopic (exact) mass is 200 g/mol. The van der Waals surface area contributed by atoms with Crippen LogP contribution in [0, 0.1) is 0 Å². The Hall–Kier alpha value is -0.160. The Morgan fingerprint density at radius 3 is 2.71 bits per heavy atom. The molecule has 0 amide bonds. The van der Waals surface area contributed by atoms with Gasteiger partial charge in [0.15, 0.2) is 0 Å². The zero-order chi connectivity index (χ0) is 9.86. The first-order valence-electron chi connectivity index (χ1n) is 5.48. The first-order chi connectivity index (χ1) is 6.79. The second kappa shape index (κ2) is 4.57. The molecule has 1 N–H and O–H groups in total. The molecule has 82 valence electrons. The summed E-state index contributed by atoms with van der Waals surface area (Å²) < 4.78 is 11.0. The van der Waals surface area contributed by atoms with E-state index in [0.717, 1.165) is 52.4 Å². The molecular formula is C10H20N2O2. The molecule has 0 saturated carbocycles. The van der Waals surface area contributed by atoms with Gasteiger partial charge in [0.05, 0.1) is 19.8 Å². The van der Waals surface area contributed by atoms with E-state index in [2.05, 4.69) is 17.1 Å². The molecule has 1 unspecified atom stereocenters. The lowest BCUT2D eigenvalue weighted by Crippen LogP contribution is -2.44. The van der Waals surface area contributed by atoms with Crippen LogP contribution >= 0.6 is 0 Å². The number of nitrogens with zero attached hydrogens (tertiary/aromatic N) is 1. The molecule has 2 heterocycles. The van der Waals surface area contributed by atoms with E-state index >= 15 is 0 Å². The third kappa shape index (κ3) is 2.67. The smallest absolute Gasteiger partial charge is 0.117 e. The summed E-state index contributed by atoms with van der Waals surface area (Å²) in [6.07, 6.45) is 1.06.